The number of hydrogen-bond donors (Lipinski definition) is 0. The second-order valence-electron chi connectivity index (χ2n) is 7.21. The summed E-state index contributed by atoms with van der Waals surface area (Å²) < 4.78 is 5.58. The molecule has 0 radical (unpaired) electrons. The van der Waals surface area contributed by atoms with Crippen LogP contribution >= 0.6 is 12.4 Å². The van der Waals surface area contributed by atoms with E-state index in [1.807, 2.05) is 19.1 Å². The average molecular weight is 403 g/mol. The lowest BCUT2D eigenvalue weighted by Gasteiger charge is -2.31. The van der Waals surface area contributed by atoms with Gasteiger partial charge in [0, 0.05) is 30.0 Å². The number of aliphatic imine (C=N–C) groups is 1. The molecule has 0 spiro atoms. The molecule has 1 heterocycles. The molecular formula is C24H35ClN2O. The van der Waals surface area contributed by atoms with Gasteiger partial charge in [-0.3, -0.25) is 4.99 Å². The standard InChI is InChI=1S/C24H34N2O.ClH/c1-7-21(22-13-9-10-14-24(22)27-6)17-23(25-18(2)3)19(4)20(5)26-15-11-8-12-16-26;/h9-10,13-14,17H,2,7-8,11-12,15-16H2,1,3-6H3;1H/b20-19+,21-17+,25-23?;. The Morgan fingerprint density at radius 2 is 1.79 bits per heavy atom. The summed E-state index contributed by atoms with van der Waals surface area (Å²) in [6, 6.07) is 8.18. The molecule has 1 aromatic carbocycles. The molecule has 0 N–H and O–H groups in total. The largest absolute Gasteiger partial charge is 0.496 e. The number of halogens is 1. The summed E-state index contributed by atoms with van der Waals surface area (Å²) in [5.74, 6) is 0.898. The molecule has 154 valence electrons. The van der Waals surface area contributed by atoms with Gasteiger partial charge in [0.2, 0.25) is 0 Å². The zero-order chi connectivity index (χ0) is 19.8. The van der Waals surface area contributed by atoms with E-state index in [9.17, 15) is 0 Å². The summed E-state index contributed by atoms with van der Waals surface area (Å²) in [5, 5.41) is 0. The van der Waals surface area contributed by atoms with Crippen LogP contribution in [0.15, 0.2) is 58.9 Å². The fraction of sp³-hybridized carbons (Fsp3) is 0.458. The van der Waals surface area contributed by atoms with Gasteiger partial charge >= 0.3 is 0 Å². The van der Waals surface area contributed by atoms with Gasteiger partial charge in [0.15, 0.2) is 0 Å². The lowest BCUT2D eigenvalue weighted by atomic mass is 9.98. The highest BCUT2D eigenvalue weighted by molar-refractivity contribution is 6.12. The maximum absolute atomic E-state index is 5.58. The molecule has 0 amide bonds. The topological polar surface area (TPSA) is 24.8 Å². The van der Waals surface area contributed by atoms with Crippen LogP contribution in [0.1, 0.15) is 58.9 Å². The summed E-state index contributed by atoms with van der Waals surface area (Å²) in [5.41, 5.74) is 6.71. The van der Waals surface area contributed by atoms with Crippen molar-refractivity contribution in [2.24, 2.45) is 4.99 Å². The Morgan fingerprint density at radius 3 is 2.36 bits per heavy atom. The third kappa shape index (κ3) is 6.27. The highest BCUT2D eigenvalue weighted by Crippen LogP contribution is 2.29. The quantitative estimate of drug-likeness (QED) is 0.476. The van der Waals surface area contributed by atoms with Crippen LogP contribution in [-0.2, 0) is 0 Å². The molecule has 28 heavy (non-hydrogen) atoms. The molecule has 0 bridgehead atoms. The van der Waals surface area contributed by atoms with Gasteiger partial charge in [-0.25, -0.2) is 0 Å². The predicted octanol–water partition coefficient (Wildman–Crippen LogP) is 6.66. The highest BCUT2D eigenvalue weighted by atomic mass is 35.5. The first-order chi connectivity index (χ1) is 13.0. The molecule has 0 aliphatic carbocycles. The Morgan fingerprint density at radius 1 is 1.14 bits per heavy atom. The Bertz CT molecular complexity index is 756. The maximum Gasteiger partial charge on any atom is 0.126 e. The van der Waals surface area contributed by atoms with Crippen molar-refractivity contribution in [2.75, 3.05) is 20.2 Å². The van der Waals surface area contributed by atoms with Gasteiger partial charge < -0.3 is 9.64 Å². The number of nitrogens with zero attached hydrogens (tertiary/aromatic N) is 2. The van der Waals surface area contributed by atoms with Gasteiger partial charge in [-0.2, -0.15) is 0 Å². The molecule has 1 aliphatic rings. The van der Waals surface area contributed by atoms with Crippen molar-refractivity contribution in [1.82, 2.24) is 4.90 Å². The van der Waals surface area contributed by atoms with Gasteiger partial charge in [-0.05, 0) is 69.7 Å². The third-order valence-corrected chi connectivity index (χ3v) is 5.21. The molecule has 2 rings (SSSR count). The lowest BCUT2D eigenvalue weighted by molar-refractivity contribution is 0.284. The Balaban J connectivity index is 0.00000392. The van der Waals surface area contributed by atoms with Crippen LogP contribution in [-0.4, -0.2) is 30.8 Å². The van der Waals surface area contributed by atoms with E-state index in [0.29, 0.717) is 0 Å². The number of methoxy groups -OCH3 is 1. The van der Waals surface area contributed by atoms with Crippen molar-refractivity contribution >= 4 is 23.7 Å². The zero-order valence-electron chi connectivity index (χ0n) is 18.0. The molecule has 3 nitrogen and oxygen atoms in total. The van der Waals surface area contributed by atoms with Crippen molar-refractivity contribution in [3.63, 3.8) is 0 Å². The van der Waals surface area contributed by atoms with Crippen LogP contribution < -0.4 is 4.74 Å². The van der Waals surface area contributed by atoms with E-state index in [-0.39, 0.29) is 12.4 Å². The van der Waals surface area contributed by atoms with Crippen LogP contribution in [0, 0.1) is 0 Å². The van der Waals surface area contributed by atoms with Crippen LogP contribution in [0.3, 0.4) is 0 Å². The summed E-state index contributed by atoms with van der Waals surface area (Å²) in [7, 11) is 1.72. The molecule has 1 aliphatic heterocycles. The number of allylic oxidation sites excluding steroid dienone is 5. The smallest absolute Gasteiger partial charge is 0.126 e. The molecule has 0 unspecified atom stereocenters. The minimum Gasteiger partial charge on any atom is -0.496 e. The maximum atomic E-state index is 5.58. The first kappa shape index (κ1) is 24.0. The van der Waals surface area contributed by atoms with Crippen molar-refractivity contribution in [1.29, 1.82) is 0 Å². The van der Waals surface area contributed by atoms with E-state index in [1.165, 1.54) is 36.1 Å². The fourth-order valence-electron chi connectivity index (χ4n) is 3.53. The molecule has 1 aromatic rings. The third-order valence-electron chi connectivity index (χ3n) is 5.21. The van der Waals surface area contributed by atoms with Gasteiger partial charge in [0.05, 0.1) is 12.8 Å². The number of ether oxygens (including phenoxy) is 1. The van der Waals surface area contributed by atoms with Gasteiger partial charge in [-0.1, -0.05) is 31.7 Å². The summed E-state index contributed by atoms with van der Waals surface area (Å²) >= 11 is 0. The molecule has 0 saturated carbocycles. The Hall–Kier alpha value is -2.00. The summed E-state index contributed by atoms with van der Waals surface area (Å²) in [4.78, 5) is 7.28. The Labute approximate surface area is 177 Å². The van der Waals surface area contributed by atoms with Gasteiger partial charge in [0.1, 0.15) is 5.75 Å². The summed E-state index contributed by atoms with van der Waals surface area (Å²) in [6.07, 6.45) is 6.99. The molecule has 1 fully saturated rings. The summed E-state index contributed by atoms with van der Waals surface area (Å²) in [6.45, 7) is 14.8. The minimum absolute atomic E-state index is 0. The second-order valence-corrected chi connectivity index (χ2v) is 7.21. The fourth-order valence-corrected chi connectivity index (χ4v) is 3.53. The Kier molecular flexibility index (Phi) is 10.1. The van der Waals surface area contributed by atoms with E-state index >= 15 is 0 Å². The molecule has 0 atom stereocenters. The number of piperidine rings is 1. The van der Waals surface area contributed by atoms with E-state index in [2.05, 4.69) is 50.5 Å². The van der Waals surface area contributed by atoms with Crippen molar-refractivity contribution in [2.45, 2.75) is 53.4 Å². The van der Waals surface area contributed by atoms with Crippen molar-refractivity contribution in [3.05, 3.63) is 59.5 Å². The van der Waals surface area contributed by atoms with E-state index < -0.39 is 0 Å². The number of benzene rings is 1. The van der Waals surface area contributed by atoms with Gasteiger partial charge in [0.25, 0.3) is 0 Å². The molecule has 1 saturated heterocycles. The number of hydrogen-bond acceptors (Lipinski definition) is 3. The van der Waals surface area contributed by atoms with Crippen LogP contribution in [0.2, 0.25) is 0 Å². The predicted molar refractivity (Wildman–Crippen MR) is 125 cm³/mol. The van der Waals surface area contributed by atoms with Crippen LogP contribution in [0.5, 0.6) is 5.75 Å². The highest BCUT2D eigenvalue weighted by Gasteiger charge is 2.15. The normalized spacial score (nSPS) is 16.2. The SMILES string of the molecule is C=C(C)N=C(/C=C(\CC)c1ccccc1OC)/C(C)=C(\C)N1CCCCC1.Cl. The first-order valence-electron chi connectivity index (χ1n) is 9.98. The average Bonchev–Trinajstić information content (AvgIpc) is 2.70. The van der Waals surface area contributed by atoms with E-state index in [4.69, 9.17) is 9.73 Å². The monoisotopic (exact) mass is 402 g/mol. The van der Waals surface area contributed by atoms with Crippen LogP contribution in [0.4, 0.5) is 0 Å². The van der Waals surface area contributed by atoms with E-state index in [1.54, 1.807) is 7.11 Å². The second kappa shape index (κ2) is 11.8. The van der Waals surface area contributed by atoms with Crippen molar-refractivity contribution in [3.8, 4) is 5.75 Å². The number of likely N-dealkylation sites (tertiary alicyclic amines) is 1. The van der Waals surface area contributed by atoms with Gasteiger partial charge in [-0.15, -0.1) is 12.4 Å². The molecule has 0 aromatic heterocycles. The molecular weight excluding hydrogens is 368 g/mol. The number of para-hydroxylation sites is 1. The van der Waals surface area contributed by atoms with Crippen molar-refractivity contribution < 1.29 is 4.74 Å². The van der Waals surface area contributed by atoms with Crippen LogP contribution in [0.25, 0.3) is 5.57 Å². The number of rotatable bonds is 7. The molecule has 4 heteroatoms. The minimum atomic E-state index is 0. The van der Waals surface area contributed by atoms with E-state index in [0.717, 1.165) is 42.2 Å². The zero-order valence-corrected chi connectivity index (χ0v) is 18.9. The lowest BCUT2D eigenvalue weighted by Crippen LogP contribution is -2.29. The first-order valence-corrected chi connectivity index (χ1v) is 9.98.